The number of fused-ring (bicyclic) bond motifs is 1. The predicted octanol–water partition coefficient (Wildman–Crippen LogP) is 6.96. The number of ether oxygens (including phenoxy) is 1. The highest BCUT2D eigenvalue weighted by molar-refractivity contribution is 6.30. The number of carbonyl (C=O) groups excluding carboxylic acids is 1. The largest absolute Gasteiger partial charge is 0.443 e. The zero-order valence-corrected chi connectivity index (χ0v) is 25.4. The molecule has 1 aliphatic heterocycles. The highest BCUT2D eigenvalue weighted by Gasteiger charge is 2.45. The summed E-state index contributed by atoms with van der Waals surface area (Å²) in [5.74, 6) is 0.920. The Morgan fingerprint density at radius 2 is 1.75 bits per heavy atom. The molecule has 0 bridgehead atoms. The molecule has 1 N–H and O–H groups in total. The van der Waals surface area contributed by atoms with Crippen molar-refractivity contribution < 1.29 is 14.1 Å². The Morgan fingerprint density at radius 1 is 0.977 bits per heavy atom. The Balaban J connectivity index is 1.51. The number of halogens is 1. The molecule has 1 aliphatic carbocycles. The molecular formula is C32H32ClN7O4. The van der Waals surface area contributed by atoms with Gasteiger partial charge >= 0.3 is 11.8 Å². The van der Waals surface area contributed by atoms with Crippen molar-refractivity contribution in [2.45, 2.75) is 64.6 Å². The Labute approximate surface area is 258 Å². The standard InChI is InChI=1S/C32H32ClN7O4/c1-17-12-14-20(15-13-17)18(2)39-26-24(22-10-7-11-23(33)16-22)34-28(29-37-31(41)44-38-29)35-27(26)36-30(39)40-25(19(3)43-32(40)42)21-8-5-4-6-9-21/h4-11,16-20,25H,12-15H2,1-3H3,(H,37,38,41)/t17?,18-,19+,20?,25+/m1/s1. The monoisotopic (exact) mass is 613 g/mol. The lowest BCUT2D eigenvalue weighted by atomic mass is 9.79. The number of H-pyrrole nitrogens is 1. The summed E-state index contributed by atoms with van der Waals surface area (Å²) in [5.41, 5.74) is 3.21. The Kier molecular flexibility index (Phi) is 7.20. The van der Waals surface area contributed by atoms with Crippen molar-refractivity contribution in [3.05, 3.63) is 75.7 Å². The lowest BCUT2D eigenvalue weighted by Gasteiger charge is -2.34. The molecule has 2 fully saturated rings. The number of anilines is 1. The van der Waals surface area contributed by atoms with Crippen molar-refractivity contribution in [3.8, 4) is 22.9 Å². The fourth-order valence-corrected chi connectivity index (χ4v) is 6.87. The molecule has 1 saturated heterocycles. The van der Waals surface area contributed by atoms with Crippen LogP contribution < -0.4 is 10.7 Å². The quantitative estimate of drug-likeness (QED) is 0.217. The maximum absolute atomic E-state index is 13.7. The molecule has 3 aromatic heterocycles. The van der Waals surface area contributed by atoms with Gasteiger partial charge in [-0.25, -0.2) is 24.5 Å². The first kappa shape index (κ1) is 28.3. The van der Waals surface area contributed by atoms with Gasteiger partial charge in [0.25, 0.3) is 0 Å². The molecule has 0 spiro atoms. The number of hydrogen-bond acceptors (Lipinski definition) is 8. The summed E-state index contributed by atoms with van der Waals surface area (Å²) >= 11 is 6.46. The molecule has 12 heteroatoms. The molecule has 2 aromatic carbocycles. The van der Waals surface area contributed by atoms with E-state index in [9.17, 15) is 9.59 Å². The van der Waals surface area contributed by atoms with Crippen molar-refractivity contribution in [1.82, 2.24) is 29.7 Å². The first-order valence-corrected chi connectivity index (χ1v) is 15.3. The van der Waals surface area contributed by atoms with Gasteiger partial charge in [-0.05, 0) is 56.2 Å². The molecule has 226 valence electrons. The molecular weight excluding hydrogens is 582 g/mol. The molecule has 5 aromatic rings. The molecule has 2 aliphatic rings. The minimum atomic E-state index is -0.723. The molecule has 1 saturated carbocycles. The molecule has 4 heterocycles. The summed E-state index contributed by atoms with van der Waals surface area (Å²) in [7, 11) is 0. The van der Waals surface area contributed by atoms with Crippen LogP contribution in [0.2, 0.25) is 5.02 Å². The lowest BCUT2D eigenvalue weighted by Crippen LogP contribution is -2.33. The van der Waals surface area contributed by atoms with Crippen LogP contribution in [0.3, 0.4) is 0 Å². The molecule has 11 nitrogen and oxygen atoms in total. The van der Waals surface area contributed by atoms with Crippen LogP contribution in [0.1, 0.15) is 64.1 Å². The van der Waals surface area contributed by atoms with Crippen molar-refractivity contribution in [3.63, 3.8) is 0 Å². The van der Waals surface area contributed by atoms with E-state index in [0.29, 0.717) is 39.7 Å². The highest BCUT2D eigenvalue weighted by Crippen LogP contribution is 2.44. The lowest BCUT2D eigenvalue weighted by molar-refractivity contribution is 0.141. The summed E-state index contributed by atoms with van der Waals surface area (Å²) in [6, 6.07) is 16.7. The van der Waals surface area contributed by atoms with E-state index in [-0.39, 0.29) is 17.7 Å². The minimum absolute atomic E-state index is 0.0538. The number of benzene rings is 2. The predicted molar refractivity (Wildman–Crippen MR) is 165 cm³/mol. The summed E-state index contributed by atoms with van der Waals surface area (Å²) in [4.78, 5) is 44.4. The highest BCUT2D eigenvalue weighted by atomic mass is 35.5. The third kappa shape index (κ3) is 4.94. The van der Waals surface area contributed by atoms with Crippen molar-refractivity contribution in [2.75, 3.05) is 4.90 Å². The van der Waals surface area contributed by atoms with Gasteiger partial charge in [0.1, 0.15) is 23.4 Å². The fourth-order valence-electron chi connectivity index (χ4n) is 6.68. The maximum atomic E-state index is 13.7. The average Bonchev–Trinajstić information content (AvgIpc) is 3.71. The van der Waals surface area contributed by atoms with Crippen LogP contribution in [0.5, 0.6) is 0 Å². The zero-order valence-electron chi connectivity index (χ0n) is 24.6. The van der Waals surface area contributed by atoms with Crippen LogP contribution in [-0.4, -0.2) is 41.9 Å². The van der Waals surface area contributed by atoms with Crippen LogP contribution in [0.4, 0.5) is 10.7 Å². The molecule has 0 unspecified atom stereocenters. The van der Waals surface area contributed by atoms with E-state index < -0.39 is 24.0 Å². The summed E-state index contributed by atoms with van der Waals surface area (Å²) < 4.78 is 12.7. The smallest absolute Gasteiger partial charge is 0.439 e. The number of hydrogen-bond donors (Lipinski definition) is 1. The van der Waals surface area contributed by atoms with Crippen LogP contribution in [0, 0.1) is 11.8 Å². The van der Waals surface area contributed by atoms with Gasteiger partial charge in [0.15, 0.2) is 5.65 Å². The zero-order chi connectivity index (χ0) is 30.5. The van der Waals surface area contributed by atoms with E-state index in [1.807, 2.05) is 55.5 Å². The van der Waals surface area contributed by atoms with Crippen LogP contribution in [-0.2, 0) is 4.74 Å². The number of rotatable bonds is 6. The number of imidazole rings is 1. The van der Waals surface area contributed by atoms with E-state index in [1.165, 1.54) is 0 Å². The molecule has 0 radical (unpaired) electrons. The Bertz CT molecular complexity index is 1890. The Morgan fingerprint density at radius 3 is 2.45 bits per heavy atom. The number of nitrogens with zero attached hydrogens (tertiary/aromatic N) is 6. The van der Waals surface area contributed by atoms with E-state index in [2.05, 4.69) is 28.6 Å². The normalized spacial score (nSPS) is 22.8. The van der Waals surface area contributed by atoms with Crippen LogP contribution >= 0.6 is 11.6 Å². The first-order chi connectivity index (χ1) is 21.3. The van der Waals surface area contributed by atoms with E-state index in [1.54, 1.807) is 11.0 Å². The van der Waals surface area contributed by atoms with Crippen LogP contribution in [0.25, 0.3) is 34.1 Å². The van der Waals surface area contributed by atoms with E-state index >= 15 is 0 Å². The fraction of sp³-hybridized carbons (Fsp3) is 0.375. The van der Waals surface area contributed by atoms with Gasteiger partial charge in [0.05, 0.1) is 0 Å². The van der Waals surface area contributed by atoms with Gasteiger partial charge in [-0.2, -0.15) is 4.98 Å². The molecule has 44 heavy (non-hydrogen) atoms. The maximum Gasteiger partial charge on any atom is 0.439 e. The minimum Gasteiger partial charge on any atom is -0.443 e. The summed E-state index contributed by atoms with van der Waals surface area (Å²) in [5, 5.41) is 4.36. The van der Waals surface area contributed by atoms with Crippen molar-refractivity contribution in [2.24, 2.45) is 11.8 Å². The van der Waals surface area contributed by atoms with Gasteiger partial charge in [-0.15, -0.1) is 0 Å². The molecule has 7 rings (SSSR count). The molecule has 1 amide bonds. The van der Waals surface area contributed by atoms with Gasteiger partial charge in [-0.1, -0.05) is 79.0 Å². The number of amides is 1. The van der Waals surface area contributed by atoms with Gasteiger partial charge < -0.3 is 9.30 Å². The van der Waals surface area contributed by atoms with Gasteiger partial charge in [-0.3, -0.25) is 9.51 Å². The van der Waals surface area contributed by atoms with E-state index in [0.717, 1.165) is 36.8 Å². The van der Waals surface area contributed by atoms with Gasteiger partial charge in [0.2, 0.25) is 17.6 Å². The van der Waals surface area contributed by atoms with Crippen molar-refractivity contribution in [1.29, 1.82) is 0 Å². The second kappa shape index (κ2) is 11.2. The Hall–Kier alpha value is -4.51. The first-order valence-electron chi connectivity index (χ1n) is 15.0. The summed E-state index contributed by atoms with van der Waals surface area (Å²) in [6.45, 7) is 6.37. The number of cyclic esters (lactones) is 1. The molecule has 3 atom stereocenters. The number of aromatic nitrogens is 6. The topological polar surface area (TPSA) is 132 Å². The third-order valence-corrected chi connectivity index (χ3v) is 9.23. The number of nitrogens with one attached hydrogen (secondary N) is 1. The summed E-state index contributed by atoms with van der Waals surface area (Å²) in [6.07, 6.45) is 3.47. The SMILES string of the molecule is CC1CCC([C@@H](C)n2c(N3C(=O)O[C@@H](C)[C@H]3c3ccccc3)nc3nc(-c4noc(=O)[nH]4)nc(-c4cccc(Cl)c4)c32)CC1. The van der Waals surface area contributed by atoms with Crippen molar-refractivity contribution >= 4 is 34.8 Å². The average molecular weight is 614 g/mol. The third-order valence-electron chi connectivity index (χ3n) is 8.99. The second-order valence-corrected chi connectivity index (χ2v) is 12.3. The second-order valence-electron chi connectivity index (χ2n) is 11.9. The number of aromatic amines is 1. The van der Waals surface area contributed by atoms with E-state index in [4.69, 9.17) is 35.8 Å². The van der Waals surface area contributed by atoms with Crippen LogP contribution in [0.15, 0.2) is 63.9 Å². The van der Waals surface area contributed by atoms with Gasteiger partial charge in [0, 0.05) is 16.6 Å². The number of carbonyl (C=O) groups is 1.